The van der Waals surface area contributed by atoms with Crippen LogP contribution in [0, 0.1) is 17.7 Å². The van der Waals surface area contributed by atoms with Gasteiger partial charge in [-0.1, -0.05) is 19.1 Å². The van der Waals surface area contributed by atoms with Gasteiger partial charge in [0.25, 0.3) is 0 Å². The number of carboxylic acid groups (broad SMARTS) is 1. The van der Waals surface area contributed by atoms with E-state index in [0.717, 1.165) is 32.1 Å². The summed E-state index contributed by atoms with van der Waals surface area (Å²) < 4.78 is 13.0. The summed E-state index contributed by atoms with van der Waals surface area (Å²) in [6.45, 7) is 2.15. The van der Waals surface area contributed by atoms with Gasteiger partial charge in [0.05, 0.1) is 5.92 Å². The van der Waals surface area contributed by atoms with Crippen LogP contribution in [0.25, 0.3) is 0 Å². The fourth-order valence-corrected chi connectivity index (χ4v) is 3.32. The standard InChI is InChI=1S/C16H21FO2/c1-2-15(12-7-9-14(17)10-8-12)11-3-5-13(6-4-11)16(18)19/h7-11,13,15H,2-6H2,1H3,(H,18,19). The molecule has 0 bridgehead atoms. The average Bonchev–Trinajstić information content (AvgIpc) is 2.42. The molecule has 1 aromatic carbocycles. The van der Waals surface area contributed by atoms with Crippen LogP contribution in [0.5, 0.6) is 0 Å². The van der Waals surface area contributed by atoms with E-state index in [9.17, 15) is 9.18 Å². The average molecular weight is 264 g/mol. The second-order valence-electron chi connectivity index (χ2n) is 5.52. The summed E-state index contributed by atoms with van der Waals surface area (Å²) in [5.41, 5.74) is 1.18. The molecule has 1 atom stereocenters. The van der Waals surface area contributed by atoms with Crippen LogP contribution < -0.4 is 0 Å². The lowest BCUT2D eigenvalue weighted by Gasteiger charge is -2.32. The largest absolute Gasteiger partial charge is 0.481 e. The van der Waals surface area contributed by atoms with Crippen molar-refractivity contribution in [1.82, 2.24) is 0 Å². The Morgan fingerprint density at radius 3 is 2.32 bits per heavy atom. The predicted molar refractivity (Wildman–Crippen MR) is 72.5 cm³/mol. The van der Waals surface area contributed by atoms with Gasteiger partial charge >= 0.3 is 5.97 Å². The van der Waals surface area contributed by atoms with E-state index in [-0.39, 0.29) is 11.7 Å². The molecular weight excluding hydrogens is 243 g/mol. The highest BCUT2D eigenvalue weighted by molar-refractivity contribution is 5.70. The minimum Gasteiger partial charge on any atom is -0.481 e. The van der Waals surface area contributed by atoms with Crippen molar-refractivity contribution < 1.29 is 14.3 Å². The molecule has 1 aromatic rings. The fourth-order valence-electron chi connectivity index (χ4n) is 3.32. The Morgan fingerprint density at radius 2 is 1.84 bits per heavy atom. The number of carbonyl (C=O) groups is 1. The Balaban J connectivity index is 2.03. The number of halogens is 1. The lowest BCUT2D eigenvalue weighted by Crippen LogP contribution is -2.24. The summed E-state index contributed by atoms with van der Waals surface area (Å²) in [6, 6.07) is 6.77. The minimum absolute atomic E-state index is 0.165. The van der Waals surface area contributed by atoms with Crippen molar-refractivity contribution in [2.75, 3.05) is 0 Å². The van der Waals surface area contributed by atoms with Crippen LogP contribution >= 0.6 is 0 Å². The minimum atomic E-state index is -0.659. The van der Waals surface area contributed by atoms with E-state index in [1.54, 1.807) is 0 Å². The number of aliphatic carboxylic acids is 1. The highest BCUT2D eigenvalue weighted by Gasteiger charge is 2.30. The molecule has 1 N–H and O–H groups in total. The van der Waals surface area contributed by atoms with Gasteiger partial charge in [-0.05, 0) is 61.6 Å². The summed E-state index contributed by atoms with van der Waals surface area (Å²) in [4.78, 5) is 11.0. The molecule has 19 heavy (non-hydrogen) atoms. The zero-order valence-electron chi connectivity index (χ0n) is 11.3. The molecule has 1 fully saturated rings. The Hall–Kier alpha value is -1.38. The Labute approximate surface area is 113 Å². The van der Waals surface area contributed by atoms with Gasteiger partial charge in [0.2, 0.25) is 0 Å². The lowest BCUT2D eigenvalue weighted by molar-refractivity contribution is -0.143. The van der Waals surface area contributed by atoms with Crippen LogP contribution in [0.4, 0.5) is 4.39 Å². The van der Waals surface area contributed by atoms with Crippen molar-refractivity contribution in [3.63, 3.8) is 0 Å². The maximum absolute atomic E-state index is 13.0. The predicted octanol–water partition coefficient (Wildman–Crippen LogP) is 4.21. The van der Waals surface area contributed by atoms with Crippen LogP contribution in [-0.4, -0.2) is 11.1 Å². The quantitative estimate of drug-likeness (QED) is 0.884. The molecule has 3 heteroatoms. The Kier molecular flexibility index (Phi) is 4.56. The SMILES string of the molecule is CCC(c1ccc(F)cc1)C1CCC(C(=O)O)CC1. The van der Waals surface area contributed by atoms with Crippen LogP contribution in [0.2, 0.25) is 0 Å². The molecule has 0 radical (unpaired) electrons. The molecule has 1 aliphatic rings. The number of carboxylic acids is 1. The number of hydrogen-bond acceptors (Lipinski definition) is 1. The van der Waals surface area contributed by atoms with Gasteiger partial charge in [0.1, 0.15) is 5.82 Å². The topological polar surface area (TPSA) is 37.3 Å². The van der Waals surface area contributed by atoms with Gasteiger partial charge < -0.3 is 5.11 Å². The second kappa shape index (κ2) is 6.18. The molecule has 0 heterocycles. The maximum Gasteiger partial charge on any atom is 0.306 e. The molecule has 1 saturated carbocycles. The summed E-state index contributed by atoms with van der Waals surface area (Å²) in [5.74, 6) is -0.0650. The zero-order chi connectivity index (χ0) is 13.8. The first-order chi connectivity index (χ1) is 9.11. The summed E-state index contributed by atoms with van der Waals surface area (Å²) >= 11 is 0. The van der Waals surface area contributed by atoms with Crippen LogP contribution in [0.15, 0.2) is 24.3 Å². The van der Waals surface area contributed by atoms with Gasteiger partial charge in [0.15, 0.2) is 0 Å². The Morgan fingerprint density at radius 1 is 1.26 bits per heavy atom. The van der Waals surface area contributed by atoms with Crippen molar-refractivity contribution in [2.24, 2.45) is 11.8 Å². The van der Waals surface area contributed by atoms with Crippen LogP contribution in [0.3, 0.4) is 0 Å². The van der Waals surface area contributed by atoms with Crippen molar-refractivity contribution in [1.29, 1.82) is 0 Å². The summed E-state index contributed by atoms with van der Waals surface area (Å²) in [5, 5.41) is 9.03. The van der Waals surface area contributed by atoms with Crippen molar-refractivity contribution in [3.05, 3.63) is 35.6 Å². The van der Waals surface area contributed by atoms with Gasteiger partial charge in [-0.2, -0.15) is 0 Å². The molecule has 1 unspecified atom stereocenters. The van der Waals surface area contributed by atoms with Crippen molar-refractivity contribution >= 4 is 5.97 Å². The molecule has 2 nitrogen and oxygen atoms in total. The monoisotopic (exact) mass is 264 g/mol. The van der Waals surface area contributed by atoms with E-state index in [2.05, 4.69) is 6.92 Å². The molecule has 0 amide bonds. The lowest BCUT2D eigenvalue weighted by atomic mass is 9.72. The normalized spacial score (nSPS) is 24.9. The molecular formula is C16H21FO2. The smallest absolute Gasteiger partial charge is 0.306 e. The van der Waals surface area contributed by atoms with E-state index in [0.29, 0.717) is 11.8 Å². The molecule has 104 valence electrons. The maximum atomic E-state index is 13.0. The molecule has 0 saturated heterocycles. The third-order valence-corrected chi connectivity index (χ3v) is 4.43. The van der Waals surface area contributed by atoms with Crippen molar-refractivity contribution in [3.8, 4) is 0 Å². The second-order valence-corrected chi connectivity index (χ2v) is 5.52. The van der Waals surface area contributed by atoms with Gasteiger partial charge in [-0.15, -0.1) is 0 Å². The first-order valence-corrected chi connectivity index (χ1v) is 7.10. The van der Waals surface area contributed by atoms with Gasteiger partial charge in [-0.3, -0.25) is 4.79 Å². The van der Waals surface area contributed by atoms with E-state index >= 15 is 0 Å². The molecule has 0 aromatic heterocycles. The van der Waals surface area contributed by atoms with Crippen molar-refractivity contribution in [2.45, 2.75) is 44.9 Å². The first kappa shape index (κ1) is 14.0. The molecule has 1 aliphatic carbocycles. The molecule has 2 rings (SSSR count). The summed E-state index contributed by atoms with van der Waals surface area (Å²) in [6.07, 6.45) is 4.50. The molecule has 0 spiro atoms. The number of rotatable bonds is 4. The summed E-state index contributed by atoms with van der Waals surface area (Å²) in [7, 11) is 0. The van der Waals surface area contributed by atoms with E-state index < -0.39 is 5.97 Å². The van der Waals surface area contributed by atoms with Crippen LogP contribution in [0.1, 0.15) is 50.5 Å². The van der Waals surface area contributed by atoms with E-state index in [4.69, 9.17) is 5.11 Å². The highest BCUT2D eigenvalue weighted by atomic mass is 19.1. The number of hydrogen-bond donors (Lipinski definition) is 1. The molecule has 0 aliphatic heterocycles. The van der Waals surface area contributed by atoms with Crippen LogP contribution in [-0.2, 0) is 4.79 Å². The zero-order valence-corrected chi connectivity index (χ0v) is 11.3. The number of benzene rings is 1. The van der Waals surface area contributed by atoms with E-state index in [1.807, 2.05) is 12.1 Å². The van der Waals surface area contributed by atoms with Gasteiger partial charge in [0, 0.05) is 0 Å². The fraction of sp³-hybridized carbons (Fsp3) is 0.562. The third kappa shape index (κ3) is 3.34. The van der Waals surface area contributed by atoms with E-state index in [1.165, 1.54) is 17.7 Å². The Bertz CT molecular complexity index is 419. The van der Waals surface area contributed by atoms with Gasteiger partial charge in [-0.25, -0.2) is 4.39 Å². The highest BCUT2D eigenvalue weighted by Crippen LogP contribution is 2.39. The third-order valence-electron chi connectivity index (χ3n) is 4.43. The first-order valence-electron chi connectivity index (χ1n) is 7.10.